The van der Waals surface area contributed by atoms with Crippen LogP contribution in [0.25, 0.3) is 17.3 Å². The van der Waals surface area contributed by atoms with Gasteiger partial charge in [0.15, 0.2) is 5.82 Å². The maximum atomic E-state index is 13.6. The molecular weight excluding hydrogens is 465 g/mol. The molecule has 2 unspecified atom stereocenters. The molecule has 0 spiro atoms. The van der Waals surface area contributed by atoms with E-state index in [0.29, 0.717) is 22.5 Å². The van der Waals surface area contributed by atoms with Gasteiger partial charge in [0.2, 0.25) is 16.0 Å². The summed E-state index contributed by atoms with van der Waals surface area (Å²) in [5.41, 5.74) is 1.97. The van der Waals surface area contributed by atoms with Gasteiger partial charge in [0.25, 0.3) is 0 Å². The minimum atomic E-state index is -3.63. The average Bonchev–Trinajstić information content (AvgIpc) is 3.31. The number of aliphatic hydroxyl groups excluding tert-OH is 2. The minimum absolute atomic E-state index is 0.0311. The molecule has 0 saturated heterocycles. The quantitative estimate of drug-likeness (QED) is 0.406. The summed E-state index contributed by atoms with van der Waals surface area (Å²) in [4.78, 5) is 8.93. The second-order valence-electron chi connectivity index (χ2n) is 8.03. The average molecular weight is 492 g/mol. The molecule has 0 saturated carbocycles. The highest BCUT2D eigenvalue weighted by Gasteiger charge is 2.22. The molecule has 0 radical (unpaired) electrons. The maximum absolute atomic E-state index is 13.6. The lowest BCUT2D eigenvalue weighted by Crippen LogP contribution is -2.27. The lowest BCUT2D eigenvalue weighted by molar-refractivity contribution is 0.0985. The van der Waals surface area contributed by atoms with Crippen molar-refractivity contribution >= 4 is 22.0 Å². The number of halogens is 1. The molecule has 3 rings (SSSR count). The van der Waals surface area contributed by atoms with Crippen LogP contribution < -0.4 is 4.31 Å². The predicted molar refractivity (Wildman–Crippen MR) is 124 cm³/mol. The van der Waals surface area contributed by atoms with E-state index in [-0.39, 0.29) is 24.1 Å². The fraction of sp³-hybridized carbons (Fsp3) is 0.381. The molecule has 1 aromatic carbocycles. The molecule has 11 nitrogen and oxygen atoms in total. The van der Waals surface area contributed by atoms with Gasteiger partial charge >= 0.3 is 0 Å². The van der Waals surface area contributed by atoms with E-state index >= 15 is 0 Å². The number of aromatic nitrogens is 6. The number of nitrogens with zero attached hydrogens (tertiary/aromatic N) is 6. The Hall–Kier alpha value is -3.29. The molecule has 13 heteroatoms. The third kappa shape index (κ3) is 5.98. The molecule has 0 aliphatic heterocycles. The molecule has 0 aliphatic rings. The largest absolute Gasteiger partial charge is 0.389 e. The highest BCUT2D eigenvalue weighted by molar-refractivity contribution is 7.92. The number of tetrazole rings is 1. The molecule has 3 aromatic rings. The Morgan fingerprint density at radius 3 is 2.41 bits per heavy atom. The summed E-state index contributed by atoms with van der Waals surface area (Å²) >= 11 is 0. The van der Waals surface area contributed by atoms with Crippen LogP contribution in [-0.4, -0.2) is 68.6 Å². The fourth-order valence-corrected chi connectivity index (χ4v) is 3.51. The number of hydrogen-bond donors (Lipinski definition) is 3. The van der Waals surface area contributed by atoms with Crippen LogP contribution in [0.5, 0.6) is 0 Å². The van der Waals surface area contributed by atoms with Crippen LogP contribution in [0.3, 0.4) is 0 Å². The van der Waals surface area contributed by atoms with Crippen molar-refractivity contribution in [2.45, 2.75) is 38.4 Å². The van der Waals surface area contributed by atoms with E-state index in [1.165, 1.54) is 37.4 Å². The topological polar surface area (TPSA) is 158 Å². The number of rotatable bonds is 9. The van der Waals surface area contributed by atoms with Gasteiger partial charge in [-0.15, -0.1) is 5.10 Å². The fourth-order valence-electron chi connectivity index (χ4n) is 3.13. The first-order chi connectivity index (χ1) is 16.0. The van der Waals surface area contributed by atoms with Gasteiger partial charge in [0.05, 0.1) is 23.7 Å². The summed E-state index contributed by atoms with van der Waals surface area (Å²) in [5, 5.41) is 33.5. The number of hydrogen-bond acceptors (Lipinski definition) is 9. The van der Waals surface area contributed by atoms with Crippen LogP contribution in [0.15, 0.2) is 30.3 Å². The van der Waals surface area contributed by atoms with E-state index < -0.39 is 28.0 Å². The standard InChI is InChI=1S/C21H26FN7O4S/c1-12(2)18-16(10-9-15(30)11-17(31)20-25-27-28-26-20)19(13-5-7-14(22)8-6-13)24-21(23-18)29(3)34(4,32)33/h5-10,12,15,17,30-31H,11H2,1-4H3,(H,25,26,27,28)/b10-9+. The van der Waals surface area contributed by atoms with E-state index in [2.05, 4.69) is 30.6 Å². The Balaban J connectivity index is 2.08. The molecule has 0 amide bonds. The van der Waals surface area contributed by atoms with E-state index in [4.69, 9.17) is 0 Å². The van der Waals surface area contributed by atoms with Crippen LogP contribution in [0.1, 0.15) is 49.4 Å². The van der Waals surface area contributed by atoms with Crippen molar-refractivity contribution in [1.29, 1.82) is 0 Å². The summed E-state index contributed by atoms with van der Waals surface area (Å²) in [5.74, 6) is -0.481. The number of anilines is 1. The van der Waals surface area contributed by atoms with Crippen molar-refractivity contribution in [3.63, 3.8) is 0 Å². The first-order valence-electron chi connectivity index (χ1n) is 10.4. The molecular formula is C21H26FN7O4S. The lowest BCUT2D eigenvalue weighted by atomic mass is 9.97. The third-order valence-electron chi connectivity index (χ3n) is 5.03. The molecule has 0 bridgehead atoms. The highest BCUT2D eigenvalue weighted by atomic mass is 32.2. The number of aliphatic hydroxyl groups is 2. The summed E-state index contributed by atoms with van der Waals surface area (Å²) in [7, 11) is -2.28. The monoisotopic (exact) mass is 491 g/mol. The zero-order valence-corrected chi connectivity index (χ0v) is 19.9. The molecule has 0 aliphatic carbocycles. The molecule has 34 heavy (non-hydrogen) atoms. The first-order valence-corrected chi connectivity index (χ1v) is 12.2. The SMILES string of the molecule is CC(C)c1nc(N(C)S(C)(=O)=O)nc(-c2ccc(F)cc2)c1/C=C/C(O)CC(O)c1nnn[nH]1. The van der Waals surface area contributed by atoms with Gasteiger partial charge in [-0.3, -0.25) is 0 Å². The molecule has 2 aromatic heterocycles. The smallest absolute Gasteiger partial charge is 0.239 e. The van der Waals surface area contributed by atoms with Gasteiger partial charge in [-0.2, -0.15) is 0 Å². The van der Waals surface area contributed by atoms with Crippen molar-refractivity contribution in [1.82, 2.24) is 30.6 Å². The van der Waals surface area contributed by atoms with Gasteiger partial charge < -0.3 is 10.2 Å². The van der Waals surface area contributed by atoms with Crippen molar-refractivity contribution in [2.75, 3.05) is 17.6 Å². The minimum Gasteiger partial charge on any atom is -0.389 e. The second kappa shape index (κ2) is 10.3. The third-order valence-corrected chi connectivity index (χ3v) is 6.19. The van der Waals surface area contributed by atoms with E-state index in [1.54, 1.807) is 6.08 Å². The van der Waals surface area contributed by atoms with Crippen LogP contribution in [0, 0.1) is 5.82 Å². The van der Waals surface area contributed by atoms with Crippen molar-refractivity contribution in [3.8, 4) is 11.3 Å². The molecule has 0 fully saturated rings. The molecule has 2 atom stereocenters. The molecule has 2 heterocycles. The number of nitrogens with one attached hydrogen (secondary N) is 1. The van der Waals surface area contributed by atoms with Crippen molar-refractivity contribution in [2.24, 2.45) is 0 Å². The number of aromatic amines is 1. The Labute approximate surface area is 196 Å². The molecule has 182 valence electrons. The van der Waals surface area contributed by atoms with Gasteiger partial charge in [0, 0.05) is 24.6 Å². The van der Waals surface area contributed by atoms with Crippen LogP contribution in [0.2, 0.25) is 0 Å². The number of benzene rings is 1. The normalized spacial score (nSPS) is 14.0. The summed E-state index contributed by atoms with van der Waals surface area (Å²) < 4.78 is 38.8. The molecule has 3 N–H and O–H groups in total. The van der Waals surface area contributed by atoms with Crippen LogP contribution >= 0.6 is 0 Å². The number of sulfonamides is 1. The van der Waals surface area contributed by atoms with Gasteiger partial charge in [-0.25, -0.2) is 32.2 Å². The van der Waals surface area contributed by atoms with Gasteiger partial charge in [-0.1, -0.05) is 26.0 Å². The van der Waals surface area contributed by atoms with Crippen LogP contribution in [0.4, 0.5) is 10.3 Å². The maximum Gasteiger partial charge on any atom is 0.239 e. The van der Waals surface area contributed by atoms with E-state index in [9.17, 15) is 23.0 Å². The lowest BCUT2D eigenvalue weighted by Gasteiger charge is -2.20. The summed E-state index contributed by atoms with van der Waals surface area (Å²) in [6.45, 7) is 3.77. The predicted octanol–water partition coefficient (Wildman–Crippen LogP) is 1.81. The number of H-pyrrole nitrogens is 1. The summed E-state index contributed by atoms with van der Waals surface area (Å²) in [6.07, 6.45) is 1.85. The Morgan fingerprint density at radius 2 is 1.85 bits per heavy atom. The van der Waals surface area contributed by atoms with E-state index in [1.807, 2.05) is 13.8 Å². The second-order valence-corrected chi connectivity index (χ2v) is 10.0. The van der Waals surface area contributed by atoms with E-state index in [0.717, 1.165) is 10.6 Å². The van der Waals surface area contributed by atoms with Crippen LogP contribution in [-0.2, 0) is 10.0 Å². The Bertz CT molecular complexity index is 1250. The van der Waals surface area contributed by atoms with Crippen molar-refractivity contribution in [3.05, 3.63) is 53.2 Å². The zero-order valence-electron chi connectivity index (χ0n) is 19.1. The Kier molecular flexibility index (Phi) is 7.69. The zero-order chi connectivity index (χ0) is 25.0. The Morgan fingerprint density at radius 1 is 1.18 bits per heavy atom. The van der Waals surface area contributed by atoms with Gasteiger partial charge in [0.1, 0.15) is 11.9 Å². The highest BCUT2D eigenvalue weighted by Crippen LogP contribution is 2.32. The van der Waals surface area contributed by atoms with Gasteiger partial charge in [-0.05, 0) is 40.6 Å². The van der Waals surface area contributed by atoms with Crippen molar-refractivity contribution < 1.29 is 23.0 Å². The first kappa shape index (κ1) is 25.3. The summed E-state index contributed by atoms with van der Waals surface area (Å²) in [6, 6.07) is 5.61.